The highest BCUT2D eigenvalue weighted by Crippen LogP contribution is 2.39. The van der Waals surface area contributed by atoms with Gasteiger partial charge in [-0.1, -0.05) is 66.7 Å². The van der Waals surface area contributed by atoms with E-state index in [9.17, 15) is 24.3 Å². The van der Waals surface area contributed by atoms with Gasteiger partial charge in [0.05, 0.1) is 12.7 Å². The standard InChI is InChI=1S/C34H30N4O6S/c1-44-26-14-9-22(10-15-26)19-37-20-28-27(30(34(42)43)31(45-28)36-38-32(40)33(38)41)17-25(37)18-35-29(39)16-11-21-7-12-24(13-8-21)23-5-3-2-4-6-23/h2-16,25,36H,17-20H2,1H3,(H,35,39)(H,42,43)/b16-11+. The number of amides is 1. The first-order chi connectivity index (χ1) is 21.8. The van der Waals surface area contributed by atoms with Gasteiger partial charge in [-0.15, -0.1) is 11.3 Å². The zero-order valence-electron chi connectivity index (χ0n) is 24.4. The smallest absolute Gasteiger partial charge is 0.340 e. The molecule has 3 heterocycles. The average molecular weight is 623 g/mol. The van der Waals surface area contributed by atoms with Gasteiger partial charge >= 0.3 is 17.1 Å². The summed E-state index contributed by atoms with van der Waals surface area (Å²) in [6.07, 6.45) is 3.61. The Morgan fingerprint density at radius 2 is 1.67 bits per heavy atom. The van der Waals surface area contributed by atoms with Crippen LogP contribution in [-0.4, -0.2) is 46.3 Å². The number of carboxylic acid groups (broad SMARTS) is 1. The number of aromatic nitrogens is 1. The fourth-order valence-corrected chi connectivity index (χ4v) is 6.63. The highest BCUT2D eigenvalue weighted by molar-refractivity contribution is 7.16. The zero-order chi connectivity index (χ0) is 31.5. The number of hydrogen-bond acceptors (Lipinski definition) is 8. The molecule has 6 rings (SSSR count). The van der Waals surface area contributed by atoms with E-state index in [4.69, 9.17) is 4.74 Å². The summed E-state index contributed by atoms with van der Waals surface area (Å²) in [7, 11) is 1.61. The topological polar surface area (TPSA) is 130 Å². The predicted molar refractivity (Wildman–Crippen MR) is 173 cm³/mol. The molecule has 1 aliphatic heterocycles. The summed E-state index contributed by atoms with van der Waals surface area (Å²) in [4.78, 5) is 51.4. The van der Waals surface area contributed by atoms with Gasteiger partial charge in [0.2, 0.25) is 5.91 Å². The van der Waals surface area contributed by atoms with Gasteiger partial charge in [-0.3, -0.25) is 24.7 Å². The molecule has 11 heteroatoms. The molecule has 1 aliphatic rings. The molecule has 2 aromatic heterocycles. The number of anilines is 1. The summed E-state index contributed by atoms with van der Waals surface area (Å²) < 4.78 is 6.09. The number of fused-ring (bicyclic) bond motifs is 1. The Morgan fingerprint density at radius 3 is 2.31 bits per heavy atom. The van der Waals surface area contributed by atoms with E-state index in [2.05, 4.69) is 15.6 Å². The second-order valence-corrected chi connectivity index (χ2v) is 11.9. The number of carbonyl (C=O) groups is 2. The van der Waals surface area contributed by atoms with Crippen LogP contribution >= 0.6 is 11.3 Å². The van der Waals surface area contributed by atoms with Crippen LogP contribution in [0.2, 0.25) is 0 Å². The number of nitrogens with one attached hydrogen (secondary N) is 2. The van der Waals surface area contributed by atoms with Crippen LogP contribution in [0.15, 0.2) is 94.5 Å². The third kappa shape index (κ3) is 6.64. The maximum absolute atomic E-state index is 12.9. The Bertz CT molecular complexity index is 1910. The van der Waals surface area contributed by atoms with Crippen LogP contribution in [0, 0.1) is 0 Å². The molecule has 0 spiro atoms. The lowest BCUT2D eigenvalue weighted by atomic mass is 9.95. The fourth-order valence-electron chi connectivity index (χ4n) is 5.40. The van der Waals surface area contributed by atoms with Crippen LogP contribution in [0.5, 0.6) is 5.75 Å². The van der Waals surface area contributed by atoms with Gasteiger partial charge in [-0.25, -0.2) is 4.79 Å². The van der Waals surface area contributed by atoms with E-state index in [-0.39, 0.29) is 29.1 Å². The Morgan fingerprint density at radius 1 is 0.978 bits per heavy atom. The van der Waals surface area contributed by atoms with E-state index < -0.39 is 17.1 Å². The van der Waals surface area contributed by atoms with E-state index >= 15 is 0 Å². The summed E-state index contributed by atoms with van der Waals surface area (Å²) in [5.41, 5.74) is 6.06. The lowest BCUT2D eigenvalue weighted by Crippen LogP contribution is -2.46. The number of rotatable bonds is 11. The van der Waals surface area contributed by atoms with E-state index in [1.807, 2.05) is 78.9 Å². The molecule has 1 unspecified atom stereocenters. The van der Waals surface area contributed by atoms with E-state index in [1.165, 1.54) is 17.4 Å². The van der Waals surface area contributed by atoms with Gasteiger partial charge in [0.1, 0.15) is 10.8 Å². The van der Waals surface area contributed by atoms with Crippen LogP contribution in [0.25, 0.3) is 17.2 Å². The molecule has 45 heavy (non-hydrogen) atoms. The highest BCUT2D eigenvalue weighted by Gasteiger charge is 2.34. The molecule has 0 aliphatic carbocycles. The molecule has 1 amide bonds. The quantitative estimate of drug-likeness (QED) is 0.148. The number of nitrogens with zero attached hydrogens (tertiary/aromatic N) is 2. The molecule has 3 N–H and O–H groups in total. The molecule has 5 aromatic rings. The first-order valence-electron chi connectivity index (χ1n) is 14.3. The summed E-state index contributed by atoms with van der Waals surface area (Å²) >= 11 is 1.22. The molecule has 0 saturated heterocycles. The lowest BCUT2D eigenvalue weighted by molar-refractivity contribution is -0.116. The first-order valence-corrected chi connectivity index (χ1v) is 15.1. The minimum absolute atomic E-state index is 0.0433. The summed E-state index contributed by atoms with van der Waals surface area (Å²) in [5.74, 6) is -0.671. The second kappa shape index (κ2) is 12.8. The molecule has 1 atom stereocenters. The molecular formula is C34H30N4O6S. The van der Waals surface area contributed by atoms with Crippen molar-refractivity contribution in [2.75, 3.05) is 19.1 Å². The number of methoxy groups -OCH3 is 1. The number of aromatic carboxylic acids is 1. The molecule has 10 nitrogen and oxygen atoms in total. The lowest BCUT2D eigenvalue weighted by Gasteiger charge is -2.36. The van der Waals surface area contributed by atoms with Crippen LogP contribution < -0.4 is 26.6 Å². The second-order valence-electron chi connectivity index (χ2n) is 10.7. The maximum atomic E-state index is 12.9. The molecular weight excluding hydrogens is 592 g/mol. The fraction of sp³-hybridized carbons (Fsp3) is 0.176. The monoisotopic (exact) mass is 622 g/mol. The number of hydrogen-bond donors (Lipinski definition) is 3. The molecule has 0 saturated carbocycles. The van der Waals surface area contributed by atoms with Gasteiger partial charge < -0.3 is 15.2 Å². The third-order valence-corrected chi connectivity index (χ3v) is 8.98. The van der Waals surface area contributed by atoms with Crippen molar-refractivity contribution in [1.82, 2.24) is 14.9 Å². The molecule has 0 bridgehead atoms. The van der Waals surface area contributed by atoms with Crippen molar-refractivity contribution in [2.45, 2.75) is 25.6 Å². The number of ether oxygens (including phenoxy) is 1. The van der Waals surface area contributed by atoms with E-state index in [1.54, 1.807) is 13.2 Å². The number of thiophene rings is 1. The van der Waals surface area contributed by atoms with Crippen molar-refractivity contribution in [3.05, 3.63) is 133 Å². The van der Waals surface area contributed by atoms with Crippen molar-refractivity contribution in [2.24, 2.45) is 0 Å². The predicted octanol–water partition coefficient (Wildman–Crippen LogP) is 4.15. The van der Waals surface area contributed by atoms with Crippen LogP contribution in [0.3, 0.4) is 0 Å². The minimum Gasteiger partial charge on any atom is -0.497 e. The van der Waals surface area contributed by atoms with Crippen molar-refractivity contribution in [3.8, 4) is 16.9 Å². The van der Waals surface area contributed by atoms with Crippen molar-refractivity contribution >= 4 is 34.3 Å². The Labute approximate surface area is 262 Å². The largest absolute Gasteiger partial charge is 0.497 e. The zero-order valence-corrected chi connectivity index (χ0v) is 25.2. The van der Waals surface area contributed by atoms with Crippen LogP contribution in [0.1, 0.15) is 31.9 Å². The Hall–Kier alpha value is -5.26. The van der Waals surface area contributed by atoms with E-state index in [0.29, 0.717) is 25.1 Å². The number of carboxylic acids is 1. The Balaban J connectivity index is 1.18. The third-order valence-electron chi connectivity index (χ3n) is 7.86. The van der Waals surface area contributed by atoms with E-state index in [0.717, 1.165) is 37.6 Å². The van der Waals surface area contributed by atoms with Crippen molar-refractivity contribution < 1.29 is 19.4 Å². The molecule has 228 valence electrons. The van der Waals surface area contributed by atoms with Crippen molar-refractivity contribution in [1.29, 1.82) is 0 Å². The Kier molecular flexibility index (Phi) is 8.45. The number of carbonyl (C=O) groups excluding carboxylic acids is 1. The highest BCUT2D eigenvalue weighted by atomic mass is 32.1. The van der Waals surface area contributed by atoms with Gasteiger partial charge in [-0.2, -0.15) is 4.68 Å². The molecule has 0 radical (unpaired) electrons. The average Bonchev–Trinajstić information content (AvgIpc) is 3.44. The molecule has 0 fully saturated rings. The summed E-state index contributed by atoms with van der Waals surface area (Å²) in [6, 6.07) is 25.5. The van der Waals surface area contributed by atoms with Gasteiger partial charge in [0, 0.05) is 36.6 Å². The minimum atomic E-state index is -1.15. The SMILES string of the molecule is COc1ccc(CN2Cc3sc(Nn4c(=O)c4=O)c(C(=O)O)c3CC2CNC(=O)/C=C/c2ccc(-c3ccccc3)cc2)cc1. The van der Waals surface area contributed by atoms with Crippen LogP contribution in [-0.2, 0) is 24.3 Å². The maximum Gasteiger partial charge on any atom is 0.340 e. The molecule has 3 aromatic carbocycles. The van der Waals surface area contributed by atoms with Crippen molar-refractivity contribution in [3.63, 3.8) is 0 Å². The first kappa shape index (κ1) is 29.8. The normalized spacial score (nSPS) is 14.8. The van der Waals surface area contributed by atoms with Gasteiger partial charge in [0.15, 0.2) is 0 Å². The van der Waals surface area contributed by atoms with Gasteiger partial charge in [-0.05, 0) is 52.4 Å². The number of benzene rings is 3. The van der Waals surface area contributed by atoms with Crippen LogP contribution in [0.4, 0.5) is 5.00 Å². The summed E-state index contributed by atoms with van der Waals surface area (Å²) in [6.45, 7) is 1.27. The summed E-state index contributed by atoms with van der Waals surface area (Å²) in [5, 5.41) is 13.3. The van der Waals surface area contributed by atoms with Gasteiger partial charge in [0.25, 0.3) is 0 Å².